The lowest BCUT2D eigenvalue weighted by atomic mass is 10.2. The van der Waals surface area contributed by atoms with Crippen molar-refractivity contribution in [2.75, 3.05) is 31.1 Å². The van der Waals surface area contributed by atoms with E-state index in [0.717, 1.165) is 0 Å². The third-order valence-electron chi connectivity index (χ3n) is 3.70. The molecule has 1 N–H and O–H groups in total. The molecule has 0 aliphatic carbocycles. The van der Waals surface area contributed by atoms with Gasteiger partial charge in [0.15, 0.2) is 0 Å². The molecule has 0 saturated carbocycles. The number of carbonyl (C=O) groups is 1. The Balaban J connectivity index is 1.70. The number of piperazine rings is 1. The molecule has 120 valence electrons. The maximum atomic E-state index is 12.4. The number of amides is 1. The highest BCUT2D eigenvalue weighted by Crippen LogP contribution is 2.26. The van der Waals surface area contributed by atoms with Crippen LogP contribution in [0.2, 0.25) is 10.0 Å². The fraction of sp³-hybridized carbons (Fsp3) is 0.267. The quantitative estimate of drug-likeness (QED) is 0.897. The monoisotopic (exact) mass is 352 g/mol. The van der Waals surface area contributed by atoms with Crippen molar-refractivity contribution in [3.63, 3.8) is 0 Å². The van der Waals surface area contributed by atoms with Crippen molar-refractivity contribution < 1.29 is 4.79 Å². The van der Waals surface area contributed by atoms with E-state index in [2.05, 4.69) is 9.97 Å². The van der Waals surface area contributed by atoms with Gasteiger partial charge in [0.1, 0.15) is 11.4 Å². The molecule has 1 aliphatic rings. The van der Waals surface area contributed by atoms with Gasteiger partial charge in [-0.25, -0.2) is 4.98 Å². The van der Waals surface area contributed by atoms with Crippen LogP contribution < -0.4 is 10.5 Å². The molecular weight excluding hydrogens is 339 g/mol. The minimum atomic E-state index is -0.373. The Morgan fingerprint density at radius 1 is 1.22 bits per heavy atom. The number of hydrogen-bond donors (Lipinski definition) is 1. The predicted octanol–water partition coefficient (Wildman–Crippen LogP) is 2.04. The number of hydrogen-bond acceptors (Lipinski definition) is 4. The summed E-state index contributed by atoms with van der Waals surface area (Å²) in [5.74, 6) is 0.391. The van der Waals surface area contributed by atoms with Crippen LogP contribution in [0.4, 0.5) is 5.82 Å². The van der Waals surface area contributed by atoms with Gasteiger partial charge in [0, 0.05) is 38.6 Å². The van der Waals surface area contributed by atoms with Crippen LogP contribution in [0.25, 0.3) is 0 Å². The number of aromatic nitrogens is 2. The molecular formula is C15H14Cl2N4O2. The largest absolute Gasteiger partial charge is 0.352 e. The molecule has 6 nitrogen and oxygen atoms in total. The molecule has 2 aromatic rings. The lowest BCUT2D eigenvalue weighted by Crippen LogP contribution is -2.49. The summed E-state index contributed by atoms with van der Waals surface area (Å²) in [7, 11) is 0. The molecule has 1 fully saturated rings. The number of nitrogens with one attached hydrogen (secondary N) is 1. The number of H-pyrrole nitrogens is 1. The van der Waals surface area contributed by atoms with Gasteiger partial charge in [-0.1, -0.05) is 23.2 Å². The van der Waals surface area contributed by atoms with Gasteiger partial charge in [0.25, 0.3) is 11.5 Å². The standard InChI is InChI=1S/C15H14Cl2N4O2/c16-10-8-12(17)13(19-9-10)20-4-6-21(7-5-20)15(23)11-2-1-3-18-14(11)22/h1-3,8-9H,4-7H2,(H,18,22). The average Bonchev–Trinajstić information content (AvgIpc) is 2.55. The van der Waals surface area contributed by atoms with Gasteiger partial charge in [-0.2, -0.15) is 0 Å². The summed E-state index contributed by atoms with van der Waals surface area (Å²) < 4.78 is 0. The van der Waals surface area contributed by atoms with Crippen LogP contribution in [-0.4, -0.2) is 47.0 Å². The minimum absolute atomic E-state index is 0.156. The number of aromatic amines is 1. The normalized spacial score (nSPS) is 14.9. The Labute approximate surface area is 142 Å². The molecule has 1 aliphatic heterocycles. The molecule has 0 aromatic carbocycles. The molecule has 0 spiro atoms. The van der Waals surface area contributed by atoms with Crippen LogP contribution in [0.15, 0.2) is 35.4 Å². The molecule has 0 bridgehead atoms. The minimum Gasteiger partial charge on any atom is -0.352 e. The highest BCUT2D eigenvalue weighted by atomic mass is 35.5. The Morgan fingerprint density at radius 3 is 2.61 bits per heavy atom. The van der Waals surface area contributed by atoms with Crippen molar-refractivity contribution in [3.8, 4) is 0 Å². The summed E-state index contributed by atoms with van der Waals surface area (Å²) in [6, 6.07) is 4.82. The fourth-order valence-corrected chi connectivity index (χ4v) is 3.02. The highest BCUT2D eigenvalue weighted by molar-refractivity contribution is 6.36. The zero-order valence-corrected chi connectivity index (χ0v) is 13.6. The second kappa shape index (κ2) is 6.60. The van der Waals surface area contributed by atoms with Gasteiger partial charge in [0.2, 0.25) is 0 Å². The summed E-state index contributed by atoms with van der Waals surface area (Å²) in [6.45, 7) is 2.16. The molecule has 2 aromatic heterocycles. The molecule has 8 heteroatoms. The third-order valence-corrected chi connectivity index (χ3v) is 4.19. The number of carbonyl (C=O) groups excluding carboxylic acids is 1. The van der Waals surface area contributed by atoms with E-state index in [-0.39, 0.29) is 17.0 Å². The summed E-state index contributed by atoms with van der Waals surface area (Å²) in [4.78, 5) is 34.5. The Hall–Kier alpha value is -2.05. The summed E-state index contributed by atoms with van der Waals surface area (Å²) >= 11 is 12.0. The highest BCUT2D eigenvalue weighted by Gasteiger charge is 2.25. The van der Waals surface area contributed by atoms with Crippen LogP contribution in [-0.2, 0) is 0 Å². The Morgan fingerprint density at radius 2 is 1.96 bits per heavy atom. The lowest BCUT2D eigenvalue weighted by Gasteiger charge is -2.35. The van der Waals surface area contributed by atoms with E-state index >= 15 is 0 Å². The number of anilines is 1. The molecule has 23 heavy (non-hydrogen) atoms. The van der Waals surface area contributed by atoms with Crippen LogP contribution in [0.1, 0.15) is 10.4 Å². The molecule has 0 atom stereocenters. The second-order valence-electron chi connectivity index (χ2n) is 5.15. The van der Waals surface area contributed by atoms with E-state index in [9.17, 15) is 9.59 Å². The SMILES string of the molecule is O=C(c1ccc[nH]c1=O)N1CCN(c2ncc(Cl)cc2Cl)CC1. The Bertz CT molecular complexity index is 785. The number of nitrogens with zero attached hydrogens (tertiary/aromatic N) is 3. The van der Waals surface area contributed by atoms with Gasteiger partial charge in [-0.3, -0.25) is 9.59 Å². The lowest BCUT2D eigenvalue weighted by molar-refractivity contribution is 0.0744. The van der Waals surface area contributed by atoms with Crippen molar-refractivity contribution in [1.82, 2.24) is 14.9 Å². The van der Waals surface area contributed by atoms with Crippen molar-refractivity contribution in [3.05, 3.63) is 56.6 Å². The number of halogens is 2. The number of pyridine rings is 2. The first kappa shape index (κ1) is 15.8. The van der Waals surface area contributed by atoms with E-state index in [1.807, 2.05) is 4.90 Å². The van der Waals surface area contributed by atoms with Crippen molar-refractivity contribution in [2.45, 2.75) is 0 Å². The van der Waals surface area contributed by atoms with Crippen molar-refractivity contribution in [2.24, 2.45) is 0 Å². The smallest absolute Gasteiger partial charge is 0.260 e. The predicted molar refractivity (Wildman–Crippen MR) is 89.4 cm³/mol. The molecule has 0 radical (unpaired) electrons. The van der Waals surface area contributed by atoms with Gasteiger partial charge in [-0.15, -0.1) is 0 Å². The van der Waals surface area contributed by atoms with Crippen molar-refractivity contribution in [1.29, 1.82) is 0 Å². The third kappa shape index (κ3) is 3.33. The zero-order valence-electron chi connectivity index (χ0n) is 12.1. The van der Waals surface area contributed by atoms with Crippen molar-refractivity contribution >= 4 is 34.9 Å². The van der Waals surface area contributed by atoms with Crippen LogP contribution in [0.3, 0.4) is 0 Å². The van der Waals surface area contributed by atoms with Gasteiger partial charge in [0.05, 0.1) is 10.0 Å². The number of rotatable bonds is 2. The molecule has 0 unspecified atom stereocenters. The second-order valence-corrected chi connectivity index (χ2v) is 5.99. The topological polar surface area (TPSA) is 69.3 Å². The molecule has 3 heterocycles. The van der Waals surface area contributed by atoms with E-state index in [1.54, 1.807) is 23.2 Å². The summed E-state index contributed by atoms with van der Waals surface area (Å²) in [6.07, 6.45) is 3.05. The van der Waals surface area contributed by atoms with Gasteiger partial charge >= 0.3 is 0 Å². The van der Waals surface area contributed by atoms with Crippen LogP contribution >= 0.6 is 23.2 Å². The van der Waals surface area contributed by atoms with E-state index in [4.69, 9.17) is 23.2 Å². The maximum absolute atomic E-state index is 12.4. The molecule has 1 amide bonds. The van der Waals surface area contributed by atoms with Crippen LogP contribution in [0.5, 0.6) is 0 Å². The maximum Gasteiger partial charge on any atom is 0.260 e. The van der Waals surface area contributed by atoms with Gasteiger partial charge < -0.3 is 14.8 Å². The first-order valence-electron chi connectivity index (χ1n) is 7.09. The Kier molecular flexibility index (Phi) is 4.54. The fourth-order valence-electron chi connectivity index (χ4n) is 2.52. The first-order chi connectivity index (χ1) is 11.1. The van der Waals surface area contributed by atoms with E-state index < -0.39 is 0 Å². The van der Waals surface area contributed by atoms with E-state index in [1.165, 1.54) is 12.3 Å². The summed E-state index contributed by atoms with van der Waals surface area (Å²) in [5, 5.41) is 0.965. The molecule has 3 rings (SSSR count). The molecule has 1 saturated heterocycles. The average molecular weight is 353 g/mol. The van der Waals surface area contributed by atoms with E-state index in [0.29, 0.717) is 42.0 Å². The van der Waals surface area contributed by atoms with Crippen LogP contribution in [0, 0.1) is 0 Å². The summed E-state index contributed by atoms with van der Waals surface area (Å²) in [5.41, 5.74) is -0.217. The van der Waals surface area contributed by atoms with Gasteiger partial charge in [-0.05, 0) is 18.2 Å². The zero-order chi connectivity index (χ0) is 16.4. The first-order valence-corrected chi connectivity index (χ1v) is 7.85.